The standard InChI is InChI=1S/C27H18F3N3O2/c1-25(32-33-25)19-4-10-21(11-5-19)34-23-8-2-17-3-9-24(15-18(17)14-23)35-22-12-6-20(7-13-22)26(16-31-26)27(28,29)30/h2-16H,1H3. The lowest BCUT2D eigenvalue weighted by Crippen LogP contribution is -2.31. The third-order valence-electron chi connectivity index (χ3n) is 6.17. The van der Waals surface area contributed by atoms with Crippen LogP contribution in [0.25, 0.3) is 10.8 Å². The van der Waals surface area contributed by atoms with E-state index < -0.39 is 17.4 Å². The lowest BCUT2D eigenvalue weighted by Gasteiger charge is -2.18. The summed E-state index contributed by atoms with van der Waals surface area (Å²) in [6, 6.07) is 24.8. The molecule has 0 fully saturated rings. The summed E-state index contributed by atoms with van der Waals surface area (Å²) < 4.78 is 51.6. The molecule has 0 N–H and O–H groups in total. The summed E-state index contributed by atoms with van der Waals surface area (Å²) in [5.74, 6) is 2.35. The van der Waals surface area contributed by atoms with Crippen molar-refractivity contribution in [3.63, 3.8) is 0 Å². The predicted octanol–water partition coefficient (Wildman–Crippen LogP) is 7.90. The first-order valence-corrected chi connectivity index (χ1v) is 10.9. The molecular weight excluding hydrogens is 455 g/mol. The summed E-state index contributed by atoms with van der Waals surface area (Å²) in [4.78, 5) is 3.47. The van der Waals surface area contributed by atoms with Crippen LogP contribution in [0, 0.1) is 0 Å². The molecule has 2 aliphatic rings. The number of ether oxygens (including phenoxy) is 2. The second-order valence-electron chi connectivity index (χ2n) is 8.67. The van der Waals surface area contributed by atoms with Crippen LogP contribution in [-0.2, 0) is 11.2 Å². The van der Waals surface area contributed by atoms with E-state index in [1.807, 2.05) is 67.6 Å². The molecule has 174 valence electrons. The summed E-state index contributed by atoms with van der Waals surface area (Å²) in [5.41, 5.74) is -1.54. The molecule has 0 radical (unpaired) electrons. The van der Waals surface area contributed by atoms with Gasteiger partial charge >= 0.3 is 6.18 Å². The van der Waals surface area contributed by atoms with Gasteiger partial charge in [0.05, 0.1) is 0 Å². The maximum Gasteiger partial charge on any atom is 0.422 e. The predicted molar refractivity (Wildman–Crippen MR) is 125 cm³/mol. The number of hydrogen-bond acceptors (Lipinski definition) is 5. The molecule has 4 aromatic rings. The van der Waals surface area contributed by atoms with Gasteiger partial charge in [0.2, 0.25) is 11.2 Å². The summed E-state index contributed by atoms with van der Waals surface area (Å²) in [6.45, 7) is 1.95. The minimum Gasteiger partial charge on any atom is -0.457 e. The van der Waals surface area contributed by atoms with Crippen LogP contribution in [0.2, 0.25) is 0 Å². The Morgan fingerprint density at radius 3 is 1.51 bits per heavy atom. The van der Waals surface area contributed by atoms with Crippen LogP contribution in [0.3, 0.4) is 0 Å². The van der Waals surface area contributed by atoms with Crippen molar-refractivity contribution < 1.29 is 22.6 Å². The van der Waals surface area contributed by atoms with Gasteiger partial charge in [0.1, 0.15) is 23.0 Å². The highest BCUT2D eigenvalue weighted by molar-refractivity contribution is 5.88. The smallest absolute Gasteiger partial charge is 0.422 e. The van der Waals surface area contributed by atoms with Crippen LogP contribution < -0.4 is 9.47 Å². The number of benzene rings is 4. The zero-order valence-electron chi connectivity index (χ0n) is 18.5. The second-order valence-corrected chi connectivity index (χ2v) is 8.67. The summed E-state index contributed by atoms with van der Waals surface area (Å²) in [5, 5.41) is 9.98. The molecule has 0 spiro atoms. The van der Waals surface area contributed by atoms with Crippen molar-refractivity contribution in [1.82, 2.24) is 0 Å². The molecule has 2 heterocycles. The van der Waals surface area contributed by atoms with E-state index in [2.05, 4.69) is 15.2 Å². The summed E-state index contributed by atoms with van der Waals surface area (Å²) in [7, 11) is 0. The highest BCUT2D eigenvalue weighted by atomic mass is 19.4. The Balaban J connectivity index is 1.18. The van der Waals surface area contributed by atoms with Crippen molar-refractivity contribution in [2.24, 2.45) is 15.2 Å². The highest BCUT2D eigenvalue weighted by Crippen LogP contribution is 2.48. The fraction of sp³-hybridized carbons (Fsp3) is 0.148. The third kappa shape index (κ3) is 3.90. The Kier molecular flexibility index (Phi) is 4.51. The Labute approximate surface area is 198 Å². The molecule has 4 aromatic carbocycles. The van der Waals surface area contributed by atoms with Gasteiger partial charge in [-0.2, -0.15) is 23.4 Å². The maximum atomic E-state index is 13.2. The Hall–Kier alpha value is -4.20. The monoisotopic (exact) mass is 473 g/mol. The summed E-state index contributed by atoms with van der Waals surface area (Å²) >= 11 is 0. The van der Waals surface area contributed by atoms with Gasteiger partial charge in [-0.25, -0.2) is 0 Å². The van der Waals surface area contributed by atoms with E-state index >= 15 is 0 Å². The van der Waals surface area contributed by atoms with Crippen LogP contribution in [0.5, 0.6) is 23.0 Å². The molecule has 6 rings (SSSR count). The Morgan fingerprint density at radius 2 is 1.09 bits per heavy atom. The van der Waals surface area contributed by atoms with Gasteiger partial charge in [0, 0.05) is 11.8 Å². The molecule has 1 unspecified atom stereocenters. The molecule has 0 amide bonds. The van der Waals surface area contributed by atoms with Crippen LogP contribution in [-0.4, -0.2) is 12.4 Å². The maximum absolute atomic E-state index is 13.2. The molecular formula is C27H18F3N3O2. The van der Waals surface area contributed by atoms with E-state index in [1.54, 1.807) is 0 Å². The first-order valence-electron chi connectivity index (χ1n) is 10.9. The van der Waals surface area contributed by atoms with Crippen LogP contribution in [0.15, 0.2) is 100 Å². The SMILES string of the molecule is CC1(c2ccc(Oc3ccc4ccc(Oc5ccc(C6(C(F)(F)F)C=N6)cc5)cc4c3)cc2)N=N1. The number of rotatable bonds is 6. The molecule has 1 atom stereocenters. The normalized spacial score (nSPS) is 19.5. The lowest BCUT2D eigenvalue weighted by molar-refractivity contribution is -0.156. The molecule has 2 aliphatic heterocycles. The van der Waals surface area contributed by atoms with Gasteiger partial charge in [0.25, 0.3) is 0 Å². The molecule has 35 heavy (non-hydrogen) atoms. The van der Waals surface area contributed by atoms with Crippen molar-refractivity contribution in [2.75, 3.05) is 0 Å². The van der Waals surface area contributed by atoms with Crippen molar-refractivity contribution in [1.29, 1.82) is 0 Å². The first kappa shape index (κ1) is 21.3. The molecule has 8 heteroatoms. The molecule has 0 aromatic heterocycles. The van der Waals surface area contributed by atoms with Crippen LogP contribution in [0.1, 0.15) is 18.1 Å². The van der Waals surface area contributed by atoms with E-state index in [9.17, 15) is 13.2 Å². The number of fused-ring (bicyclic) bond motifs is 1. The molecule has 0 saturated carbocycles. The van der Waals surface area contributed by atoms with E-state index in [0.717, 1.165) is 22.6 Å². The van der Waals surface area contributed by atoms with Crippen LogP contribution >= 0.6 is 0 Å². The van der Waals surface area contributed by atoms with E-state index in [1.165, 1.54) is 24.3 Å². The minimum atomic E-state index is -4.45. The number of aliphatic imine (C=N–C) groups is 1. The average molecular weight is 473 g/mol. The first-order chi connectivity index (χ1) is 16.7. The fourth-order valence-electron chi connectivity index (χ4n) is 3.93. The second kappa shape index (κ2) is 7.40. The zero-order valence-corrected chi connectivity index (χ0v) is 18.5. The van der Waals surface area contributed by atoms with Gasteiger partial charge in [-0.1, -0.05) is 36.4 Å². The number of halogens is 3. The highest BCUT2D eigenvalue weighted by Gasteiger charge is 2.61. The number of nitrogens with zero attached hydrogens (tertiary/aromatic N) is 3. The van der Waals surface area contributed by atoms with Crippen molar-refractivity contribution in [3.05, 3.63) is 96.1 Å². The molecule has 0 bridgehead atoms. The molecule has 0 saturated heterocycles. The lowest BCUT2D eigenvalue weighted by atomic mass is 9.97. The summed E-state index contributed by atoms with van der Waals surface area (Å²) in [6.07, 6.45) is -3.53. The fourth-order valence-corrected chi connectivity index (χ4v) is 3.93. The van der Waals surface area contributed by atoms with E-state index in [4.69, 9.17) is 9.47 Å². The van der Waals surface area contributed by atoms with Crippen molar-refractivity contribution in [3.8, 4) is 23.0 Å². The van der Waals surface area contributed by atoms with Gasteiger partial charge in [-0.15, -0.1) is 0 Å². The third-order valence-corrected chi connectivity index (χ3v) is 6.17. The van der Waals surface area contributed by atoms with Gasteiger partial charge in [-0.05, 0) is 71.8 Å². The topological polar surface area (TPSA) is 55.5 Å². The average Bonchev–Trinajstić information content (AvgIpc) is 3.76. The number of alkyl halides is 3. The van der Waals surface area contributed by atoms with Crippen molar-refractivity contribution in [2.45, 2.75) is 24.3 Å². The van der Waals surface area contributed by atoms with Gasteiger partial charge in [-0.3, -0.25) is 4.99 Å². The Bertz CT molecular complexity index is 1480. The van der Waals surface area contributed by atoms with Gasteiger partial charge < -0.3 is 9.47 Å². The minimum absolute atomic E-state index is 0.0701. The number of hydrogen-bond donors (Lipinski definition) is 0. The van der Waals surface area contributed by atoms with E-state index in [-0.39, 0.29) is 5.56 Å². The largest absolute Gasteiger partial charge is 0.457 e. The Morgan fingerprint density at radius 1 is 0.629 bits per heavy atom. The molecule has 5 nitrogen and oxygen atoms in total. The molecule has 0 aliphatic carbocycles. The quantitative estimate of drug-likeness (QED) is 0.286. The van der Waals surface area contributed by atoms with Crippen molar-refractivity contribution >= 4 is 17.0 Å². The van der Waals surface area contributed by atoms with Gasteiger partial charge in [0.15, 0.2) is 0 Å². The van der Waals surface area contributed by atoms with E-state index in [0.29, 0.717) is 23.0 Å². The zero-order chi connectivity index (χ0) is 24.3. The van der Waals surface area contributed by atoms with Crippen LogP contribution in [0.4, 0.5) is 13.2 Å².